The number of aromatic amines is 1. The van der Waals surface area contributed by atoms with Crippen LogP contribution in [0.25, 0.3) is 10.9 Å². The molecule has 3 aromatic rings. The Bertz CT molecular complexity index is 965. The van der Waals surface area contributed by atoms with E-state index in [2.05, 4.69) is 15.6 Å². The molecule has 3 rings (SSSR count). The molecule has 0 fully saturated rings. The molecule has 27 heavy (non-hydrogen) atoms. The van der Waals surface area contributed by atoms with Crippen molar-refractivity contribution in [3.63, 3.8) is 0 Å². The van der Waals surface area contributed by atoms with E-state index in [0.29, 0.717) is 24.0 Å². The summed E-state index contributed by atoms with van der Waals surface area (Å²) in [6.45, 7) is 2.31. The number of anilines is 1. The Kier molecular flexibility index (Phi) is 5.86. The Morgan fingerprint density at radius 2 is 1.96 bits per heavy atom. The van der Waals surface area contributed by atoms with E-state index in [1.165, 1.54) is 12.1 Å². The largest absolute Gasteiger partial charge is 0.361 e. The van der Waals surface area contributed by atoms with Crippen LogP contribution in [0.4, 0.5) is 10.1 Å². The van der Waals surface area contributed by atoms with Crippen molar-refractivity contribution in [2.24, 2.45) is 0 Å². The highest BCUT2D eigenvalue weighted by atomic mass is 19.1. The Balaban J connectivity index is 1.59. The number of hydrogen-bond donors (Lipinski definition) is 3. The van der Waals surface area contributed by atoms with Crippen molar-refractivity contribution in [1.82, 2.24) is 10.3 Å². The SMILES string of the molecule is CCCC(=O)Nc1cccc(CNC(=O)Cc2c[nH]c3ccc(F)cc23)c1. The van der Waals surface area contributed by atoms with Gasteiger partial charge in [-0.05, 0) is 47.9 Å². The Morgan fingerprint density at radius 1 is 1.11 bits per heavy atom. The van der Waals surface area contributed by atoms with Crippen LogP contribution >= 0.6 is 0 Å². The lowest BCUT2D eigenvalue weighted by Gasteiger charge is -2.08. The highest BCUT2D eigenvalue weighted by Gasteiger charge is 2.10. The van der Waals surface area contributed by atoms with E-state index in [9.17, 15) is 14.0 Å². The van der Waals surface area contributed by atoms with E-state index in [4.69, 9.17) is 0 Å². The van der Waals surface area contributed by atoms with Crippen LogP contribution in [-0.4, -0.2) is 16.8 Å². The van der Waals surface area contributed by atoms with Crippen LogP contribution in [-0.2, 0) is 22.6 Å². The second-order valence-electron chi connectivity index (χ2n) is 6.46. The summed E-state index contributed by atoms with van der Waals surface area (Å²) in [5, 5.41) is 6.42. The number of carbonyl (C=O) groups is 2. The molecule has 0 aliphatic heterocycles. The normalized spacial score (nSPS) is 10.7. The number of aromatic nitrogens is 1. The molecule has 3 N–H and O–H groups in total. The maximum absolute atomic E-state index is 13.4. The van der Waals surface area contributed by atoms with Crippen molar-refractivity contribution < 1.29 is 14.0 Å². The van der Waals surface area contributed by atoms with Crippen LogP contribution in [0.5, 0.6) is 0 Å². The van der Waals surface area contributed by atoms with Crippen LogP contribution in [0.2, 0.25) is 0 Å². The number of H-pyrrole nitrogens is 1. The zero-order chi connectivity index (χ0) is 19.2. The number of nitrogens with one attached hydrogen (secondary N) is 3. The maximum Gasteiger partial charge on any atom is 0.224 e. The van der Waals surface area contributed by atoms with Crippen LogP contribution < -0.4 is 10.6 Å². The summed E-state index contributed by atoms with van der Waals surface area (Å²) in [7, 11) is 0. The average Bonchev–Trinajstić information content (AvgIpc) is 3.02. The fourth-order valence-electron chi connectivity index (χ4n) is 2.94. The van der Waals surface area contributed by atoms with Crippen molar-refractivity contribution in [2.45, 2.75) is 32.7 Å². The molecule has 1 aromatic heterocycles. The molecule has 0 unspecified atom stereocenters. The van der Waals surface area contributed by atoms with Gasteiger partial charge in [0.25, 0.3) is 0 Å². The maximum atomic E-state index is 13.4. The molecule has 0 saturated heterocycles. The van der Waals surface area contributed by atoms with E-state index in [0.717, 1.165) is 23.1 Å². The third kappa shape index (κ3) is 4.94. The zero-order valence-corrected chi connectivity index (χ0v) is 15.1. The van der Waals surface area contributed by atoms with Crippen molar-refractivity contribution in [3.05, 3.63) is 65.6 Å². The van der Waals surface area contributed by atoms with Crippen molar-refractivity contribution >= 4 is 28.4 Å². The molecule has 0 aliphatic rings. The molecule has 2 aromatic carbocycles. The minimum absolute atomic E-state index is 0.0229. The van der Waals surface area contributed by atoms with Gasteiger partial charge in [-0.15, -0.1) is 0 Å². The van der Waals surface area contributed by atoms with Crippen molar-refractivity contribution in [1.29, 1.82) is 0 Å². The smallest absolute Gasteiger partial charge is 0.224 e. The average molecular weight is 367 g/mol. The molecular weight excluding hydrogens is 345 g/mol. The third-order valence-corrected chi connectivity index (χ3v) is 4.26. The van der Waals surface area contributed by atoms with Gasteiger partial charge in [-0.1, -0.05) is 19.1 Å². The summed E-state index contributed by atoms with van der Waals surface area (Å²) in [6, 6.07) is 11.9. The second-order valence-corrected chi connectivity index (χ2v) is 6.46. The summed E-state index contributed by atoms with van der Waals surface area (Å²) >= 11 is 0. The van der Waals surface area contributed by atoms with E-state index in [1.807, 2.05) is 31.2 Å². The zero-order valence-electron chi connectivity index (χ0n) is 15.1. The van der Waals surface area contributed by atoms with Crippen LogP contribution in [0, 0.1) is 5.82 Å². The number of fused-ring (bicyclic) bond motifs is 1. The number of rotatable bonds is 7. The first kappa shape index (κ1) is 18.6. The lowest BCUT2D eigenvalue weighted by molar-refractivity contribution is -0.120. The van der Waals surface area contributed by atoms with Gasteiger partial charge in [0.05, 0.1) is 6.42 Å². The standard InChI is InChI=1S/C21H22FN3O2/c1-2-4-20(26)25-17-6-3-5-14(9-17)12-24-21(27)10-15-13-23-19-8-7-16(22)11-18(15)19/h3,5-9,11,13,23H,2,4,10,12H2,1H3,(H,24,27)(H,25,26). The molecule has 2 amide bonds. The van der Waals surface area contributed by atoms with Crippen LogP contribution in [0.3, 0.4) is 0 Å². The Morgan fingerprint density at radius 3 is 2.78 bits per heavy atom. The summed E-state index contributed by atoms with van der Waals surface area (Å²) in [4.78, 5) is 27.0. The van der Waals surface area contributed by atoms with Crippen LogP contribution in [0.15, 0.2) is 48.7 Å². The minimum Gasteiger partial charge on any atom is -0.361 e. The first-order valence-electron chi connectivity index (χ1n) is 8.96. The van der Waals surface area contributed by atoms with Gasteiger partial charge < -0.3 is 15.6 Å². The molecule has 0 spiro atoms. The molecule has 0 bridgehead atoms. The quantitative estimate of drug-likeness (QED) is 0.592. The summed E-state index contributed by atoms with van der Waals surface area (Å²) in [6.07, 6.45) is 3.16. The Labute approximate surface area is 157 Å². The summed E-state index contributed by atoms with van der Waals surface area (Å²) in [5.74, 6) is -0.503. The predicted octanol–water partition coefficient (Wildman–Crippen LogP) is 3.90. The van der Waals surface area contributed by atoms with Gasteiger partial charge in [0, 0.05) is 35.8 Å². The fraction of sp³-hybridized carbons (Fsp3) is 0.238. The fourth-order valence-corrected chi connectivity index (χ4v) is 2.94. The van der Waals surface area contributed by atoms with E-state index in [-0.39, 0.29) is 24.1 Å². The first-order valence-corrected chi connectivity index (χ1v) is 8.96. The van der Waals surface area contributed by atoms with Crippen molar-refractivity contribution in [2.75, 3.05) is 5.32 Å². The first-order chi connectivity index (χ1) is 13.0. The van der Waals surface area contributed by atoms with Gasteiger partial charge >= 0.3 is 0 Å². The van der Waals surface area contributed by atoms with Gasteiger partial charge in [-0.2, -0.15) is 0 Å². The molecule has 0 saturated carbocycles. The molecule has 5 nitrogen and oxygen atoms in total. The highest BCUT2D eigenvalue weighted by Crippen LogP contribution is 2.20. The number of amides is 2. The molecule has 140 valence electrons. The van der Waals surface area contributed by atoms with Gasteiger partial charge in [-0.3, -0.25) is 9.59 Å². The predicted molar refractivity (Wildman–Crippen MR) is 104 cm³/mol. The lowest BCUT2D eigenvalue weighted by Crippen LogP contribution is -2.24. The van der Waals surface area contributed by atoms with Gasteiger partial charge in [0.15, 0.2) is 0 Å². The summed E-state index contributed by atoms with van der Waals surface area (Å²) < 4.78 is 13.4. The van der Waals surface area contributed by atoms with E-state index >= 15 is 0 Å². The Hall–Kier alpha value is -3.15. The topological polar surface area (TPSA) is 74.0 Å². The van der Waals surface area contributed by atoms with Gasteiger partial charge in [0.2, 0.25) is 11.8 Å². The number of carbonyl (C=O) groups excluding carboxylic acids is 2. The second kappa shape index (κ2) is 8.49. The van der Waals surface area contributed by atoms with E-state index in [1.54, 1.807) is 12.3 Å². The van der Waals surface area contributed by atoms with Crippen LogP contribution in [0.1, 0.15) is 30.9 Å². The monoisotopic (exact) mass is 367 g/mol. The van der Waals surface area contributed by atoms with E-state index < -0.39 is 0 Å². The minimum atomic E-state index is -0.328. The third-order valence-electron chi connectivity index (χ3n) is 4.26. The number of benzene rings is 2. The summed E-state index contributed by atoms with van der Waals surface area (Å²) in [5.41, 5.74) is 3.16. The van der Waals surface area contributed by atoms with Gasteiger partial charge in [0.1, 0.15) is 5.82 Å². The van der Waals surface area contributed by atoms with Gasteiger partial charge in [-0.25, -0.2) is 4.39 Å². The molecule has 0 aliphatic carbocycles. The molecule has 0 radical (unpaired) electrons. The molecular formula is C21H22FN3O2. The molecule has 1 heterocycles. The lowest BCUT2D eigenvalue weighted by atomic mass is 10.1. The van der Waals surface area contributed by atoms with Crippen molar-refractivity contribution in [3.8, 4) is 0 Å². The molecule has 6 heteroatoms. The molecule has 0 atom stereocenters. The number of hydrogen-bond acceptors (Lipinski definition) is 2. The highest BCUT2D eigenvalue weighted by molar-refractivity contribution is 5.91. The number of halogens is 1.